The molecule has 0 fully saturated rings. The third-order valence-corrected chi connectivity index (χ3v) is 4.17. The van der Waals surface area contributed by atoms with Crippen LogP contribution in [0.3, 0.4) is 0 Å². The number of benzene rings is 2. The number of amides is 1. The number of carbonyl (C=O) groups excluding carboxylic acids is 2. The zero-order valence-electron chi connectivity index (χ0n) is 18.7. The Balaban J connectivity index is 0.000000350. The summed E-state index contributed by atoms with van der Waals surface area (Å²) >= 11 is 0. The number of halogens is 6. The number of hydrogen-bond donors (Lipinski definition) is 0. The quantitative estimate of drug-likeness (QED) is 0.282. The van der Waals surface area contributed by atoms with E-state index >= 15 is 0 Å². The molecule has 0 spiro atoms. The summed E-state index contributed by atoms with van der Waals surface area (Å²) in [5, 5.41) is 0.908. The highest BCUT2D eigenvalue weighted by Gasteiger charge is 2.32. The second-order valence-corrected chi connectivity index (χ2v) is 6.43. The lowest BCUT2D eigenvalue weighted by molar-refractivity contribution is -0.138. The number of nitrogens with zero attached hydrogens (tertiary/aromatic N) is 1. The summed E-state index contributed by atoms with van der Waals surface area (Å²) in [6.45, 7) is 3.61. The van der Waals surface area contributed by atoms with Crippen molar-refractivity contribution in [3.05, 3.63) is 58.7 Å². The predicted molar refractivity (Wildman–Crippen MR) is 110 cm³/mol. The van der Waals surface area contributed by atoms with Gasteiger partial charge in [0.2, 0.25) is 0 Å². The maximum absolute atomic E-state index is 12.6. The molecule has 2 rings (SSSR count). The second-order valence-electron chi connectivity index (χ2n) is 6.43. The molecule has 0 heterocycles. The van der Waals surface area contributed by atoms with Crippen molar-refractivity contribution < 1.29 is 50.2 Å². The molecule has 1 amide bonds. The first kappa shape index (κ1) is 28.8. The van der Waals surface area contributed by atoms with Crippen LogP contribution in [-0.4, -0.2) is 44.6 Å². The highest BCUT2D eigenvalue weighted by Crippen LogP contribution is 2.34. The van der Waals surface area contributed by atoms with Crippen LogP contribution in [0.25, 0.3) is 0 Å². The first-order chi connectivity index (χ1) is 15.8. The van der Waals surface area contributed by atoms with Gasteiger partial charge in [0.05, 0.1) is 42.6 Å². The monoisotopic (exact) mass is 495 g/mol. The zero-order valence-corrected chi connectivity index (χ0v) is 18.7. The van der Waals surface area contributed by atoms with Crippen molar-refractivity contribution in [2.45, 2.75) is 26.2 Å². The van der Waals surface area contributed by atoms with Crippen molar-refractivity contribution in [3.63, 3.8) is 0 Å². The van der Waals surface area contributed by atoms with E-state index in [1.165, 1.54) is 14.2 Å². The van der Waals surface area contributed by atoms with Crippen molar-refractivity contribution in [3.8, 4) is 11.5 Å². The third-order valence-electron chi connectivity index (χ3n) is 4.17. The van der Waals surface area contributed by atoms with Crippen LogP contribution in [-0.2, 0) is 17.2 Å². The zero-order chi connectivity index (χ0) is 26.1. The van der Waals surface area contributed by atoms with Crippen molar-refractivity contribution in [2.75, 3.05) is 27.4 Å². The molecule has 0 aromatic heterocycles. The van der Waals surface area contributed by atoms with Crippen LogP contribution in [0.5, 0.6) is 11.5 Å². The van der Waals surface area contributed by atoms with Gasteiger partial charge in [0.1, 0.15) is 11.5 Å². The van der Waals surface area contributed by atoms with E-state index in [-0.39, 0.29) is 35.8 Å². The highest BCUT2D eigenvalue weighted by molar-refractivity contribution is 5.96. The Hall–Kier alpha value is -3.28. The van der Waals surface area contributed by atoms with Gasteiger partial charge in [0, 0.05) is 7.05 Å². The highest BCUT2D eigenvalue weighted by atomic mass is 19.4. The average molecular weight is 495 g/mol. The number of alkyl halides is 6. The van der Waals surface area contributed by atoms with Gasteiger partial charge in [-0.15, -0.1) is 0 Å². The number of rotatable bonds is 7. The lowest BCUT2D eigenvalue weighted by Crippen LogP contribution is -2.26. The van der Waals surface area contributed by atoms with Crippen molar-refractivity contribution in [1.82, 2.24) is 5.06 Å². The summed E-state index contributed by atoms with van der Waals surface area (Å²) in [5.41, 5.74) is -1.56. The van der Waals surface area contributed by atoms with E-state index in [2.05, 4.69) is 0 Å². The number of carbonyl (C=O) groups is 2. The van der Waals surface area contributed by atoms with E-state index in [1.807, 2.05) is 0 Å². The summed E-state index contributed by atoms with van der Waals surface area (Å²) in [6.07, 6.45) is -8.45. The van der Waals surface area contributed by atoms with E-state index in [1.54, 1.807) is 13.8 Å². The van der Waals surface area contributed by atoms with E-state index in [9.17, 15) is 35.9 Å². The van der Waals surface area contributed by atoms with Gasteiger partial charge in [-0.2, -0.15) is 26.3 Å². The molecule has 0 aliphatic heterocycles. The molecule has 0 radical (unpaired) electrons. The molecule has 0 bridgehead atoms. The van der Waals surface area contributed by atoms with Crippen LogP contribution >= 0.6 is 0 Å². The fourth-order valence-electron chi connectivity index (χ4n) is 2.49. The number of aldehydes is 1. The number of hydroxylamine groups is 2. The average Bonchev–Trinajstić information content (AvgIpc) is 2.77. The fourth-order valence-corrected chi connectivity index (χ4v) is 2.49. The largest absolute Gasteiger partial charge is 0.493 e. The van der Waals surface area contributed by atoms with Gasteiger partial charge >= 0.3 is 12.4 Å². The van der Waals surface area contributed by atoms with Gasteiger partial charge < -0.3 is 9.47 Å². The second kappa shape index (κ2) is 12.3. The Bertz CT molecular complexity index is 975. The molecule has 0 atom stereocenters. The molecular weight excluding hydrogens is 472 g/mol. The molecule has 0 aliphatic carbocycles. The number of hydrogen-bond acceptors (Lipinski definition) is 5. The Labute approximate surface area is 192 Å². The Kier molecular flexibility index (Phi) is 10.4. The first-order valence-corrected chi connectivity index (χ1v) is 9.75. The molecule has 0 saturated heterocycles. The molecule has 2 aromatic carbocycles. The topological polar surface area (TPSA) is 65.1 Å². The molecule has 2 aromatic rings. The van der Waals surface area contributed by atoms with Crippen LogP contribution < -0.4 is 9.47 Å². The van der Waals surface area contributed by atoms with Gasteiger partial charge in [-0.05, 0) is 50.2 Å². The van der Waals surface area contributed by atoms with Crippen LogP contribution in [0.15, 0.2) is 36.4 Å². The third kappa shape index (κ3) is 7.94. The molecule has 0 unspecified atom stereocenters. The minimum atomic E-state index is -4.49. The lowest BCUT2D eigenvalue weighted by atomic mass is 10.1. The summed E-state index contributed by atoms with van der Waals surface area (Å²) in [4.78, 5) is 27.1. The smallest absolute Gasteiger partial charge is 0.416 e. The summed E-state index contributed by atoms with van der Waals surface area (Å²) in [6, 6.07) is 5.49. The summed E-state index contributed by atoms with van der Waals surface area (Å²) < 4.78 is 84.7. The van der Waals surface area contributed by atoms with Gasteiger partial charge in [0.25, 0.3) is 5.91 Å². The molecule has 188 valence electrons. The van der Waals surface area contributed by atoms with Crippen molar-refractivity contribution >= 4 is 12.2 Å². The maximum atomic E-state index is 12.6. The normalized spacial score (nSPS) is 11.2. The molecule has 0 N–H and O–H groups in total. The Morgan fingerprint density at radius 3 is 1.79 bits per heavy atom. The minimum absolute atomic E-state index is 0.0131. The van der Waals surface area contributed by atoms with Gasteiger partial charge in [-0.1, -0.05) is 0 Å². The van der Waals surface area contributed by atoms with E-state index in [4.69, 9.17) is 14.3 Å². The van der Waals surface area contributed by atoms with Crippen molar-refractivity contribution in [1.29, 1.82) is 0 Å². The van der Waals surface area contributed by atoms with Gasteiger partial charge in [0.15, 0.2) is 6.29 Å². The van der Waals surface area contributed by atoms with Gasteiger partial charge in [-0.3, -0.25) is 14.4 Å². The maximum Gasteiger partial charge on any atom is 0.416 e. The van der Waals surface area contributed by atoms with Crippen molar-refractivity contribution in [2.24, 2.45) is 0 Å². The molecule has 12 heteroatoms. The Morgan fingerprint density at radius 1 is 0.882 bits per heavy atom. The standard InChI is InChI=1S/C12H14F3NO3.C10H9F3O2/c1-4-19-10-7-8(12(13,14)15)5-6-9(10)11(17)16(2)18-3;1-2-15-9-5-8(10(11,12)13)4-3-7(9)6-14/h5-7H,4H2,1-3H3;3-6H,2H2,1H3. The lowest BCUT2D eigenvalue weighted by Gasteiger charge is -2.17. The first-order valence-electron chi connectivity index (χ1n) is 9.75. The summed E-state index contributed by atoms with van der Waals surface area (Å²) in [5.74, 6) is -0.742. The van der Waals surface area contributed by atoms with Gasteiger partial charge in [-0.25, -0.2) is 5.06 Å². The Morgan fingerprint density at radius 2 is 1.35 bits per heavy atom. The predicted octanol–water partition coefficient (Wildman–Crippen LogP) is 5.65. The molecule has 0 saturated carbocycles. The molecule has 34 heavy (non-hydrogen) atoms. The molecule has 0 aliphatic rings. The van der Waals surface area contributed by atoms with Crippen LogP contribution in [0.2, 0.25) is 0 Å². The number of ether oxygens (including phenoxy) is 2. The SMILES string of the molecule is CCOc1cc(C(F)(F)F)ccc1C(=O)N(C)OC.CCOc1cc(C(F)(F)F)ccc1C=O. The van der Waals surface area contributed by atoms with Crippen LogP contribution in [0.1, 0.15) is 45.7 Å². The van der Waals surface area contributed by atoms with E-state index in [0.717, 1.165) is 41.5 Å². The van der Waals surface area contributed by atoms with E-state index < -0.39 is 29.4 Å². The van der Waals surface area contributed by atoms with Crippen LogP contribution in [0, 0.1) is 0 Å². The van der Waals surface area contributed by atoms with Crippen LogP contribution in [0.4, 0.5) is 26.3 Å². The van der Waals surface area contributed by atoms with E-state index in [0.29, 0.717) is 6.29 Å². The minimum Gasteiger partial charge on any atom is -0.493 e. The summed E-state index contributed by atoms with van der Waals surface area (Å²) in [7, 11) is 2.64. The molecule has 6 nitrogen and oxygen atoms in total. The molecular formula is C22H23F6NO5. The fraction of sp³-hybridized carbons (Fsp3) is 0.364.